The van der Waals surface area contributed by atoms with E-state index in [0.29, 0.717) is 6.54 Å². The van der Waals surface area contributed by atoms with Gasteiger partial charge < -0.3 is 15.9 Å². The van der Waals surface area contributed by atoms with Gasteiger partial charge in [-0.1, -0.05) is 0 Å². The molecule has 104 valence electrons. The molecular formula is C11H21N3O4. The fourth-order valence-electron chi connectivity index (χ4n) is 2.25. The third-order valence-corrected chi connectivity index (χ3v) is 3.34. The van der Waals surface area contributed by atoms with Crippen molar-refractivity contribution in [3.05, 3.63) is 0 Å². The number of carboxylic acid groups (broad SMARTS) is 2. The first-order valence-corrected chi connectivity index (χ1v) is 6.02. The van der Waals surface area contributed by atoms with Gasteiger partial charge in [0.1, 0.15) is 6.04 Å². The van der Waals surface area contributed by atoms with Gasteiger partial charge in [0.25, 0.3) is 0 Å². The zero-order valence-electron chi connectivity index (χ0n) is 10.8. The summed E-state index contributed by atoms with van der Waals surface area (Å²) in [5.41, 5.74) is 5.18. The average molecular weight is 259 g/mol. The van der Waals surface area contributed by atoms with Crippen molar-refractivity contribution in [2.45, 2.75) is 44.7 Å². The Kier molecular flexibility index (Phi) is 4.53. The molecule has 0 radical (unpaired) electrons. The molecule has 1 amide bonds. The zero-order chi connectivity index (χ0) is 13.9. The molecule has 0 aromatic heterocycles. The largest absolute Gasteiger partial charge is 0.480 e. The molecule has 0 unspecified atom stereocenters. The van der Waals surface area contributed by atoms with Gasteiger partial charge in [0.2, 0.25) is 0 Å². The molecule has 0 spiro atoms. The number of amides is 1. The van der Waals surface area contributed by atoms with E-state index in [2.05, 4.69) is 0 Å². The molecule has 1 fully saturated rings. The highest BCUT2D eigenvalue weighted by Gasteiger charge is 2.38. The van der Waals surface area contributed by atoms with E-state index in [1.807, 2.05) is 13.8 Å². The van der Waals surface area contributed by atoms with E-state index in [9.17, 15) is 14.7 Å². The van der Waals surface area contributed by atoms with Crippen molar-refractivity contribution < 1.29 is 19.8 Å². The van der Waals surface area contributed by atoms with Crippen molar-refractivity contribution in [2.75, 3.05) is 13.1 Å². The maximum atomic E-state index is 11.3. The third-order valence-electron chi connectivity index (χ3n) is 3.34. The van der Waals surface area contributed by atoms with Crippen LogP contribution in [0.4, 0.5) is 4.79 Å². The Morgan fingerprint density at radius 1 is 1.44 bits per heavy atom. The minimum Gasteiger partial charge on any atom is -0.480 e. The third kappa shape index (κ3) is 3.33. The van der Waals surface area contributed by atoms with Gasteiger partial charge >= 0.3 is 12.1 Å². The van der Waals surface area contributed by atoms with Crippen molar-refractivity contribution in [2.24, 2.45) is 5.73 Å². The molecule has 1 aliphatic heterocycles. The molecule has 7 nitrogen and oxygen atoms in total. The quantitative estimate of drug-likeness (QED) is 0.666. The molecule has 7 heteroatoms. The van der Waals surface area contributed by atoms with Crippen LogP contribution < -0.4 is 5.73 Å². The van der Waals surface area contributed by atoms with Crippen LogP contribution in [-0.4, -0.2) is 57.0 Å². The van der Waals surface area contributed by atoms with Gasteiger partial charge in [-0.2, -0.15) is 0 Å². The lowest BCUT2D eigenvalue weighted by Gasteiger charge is -2.39. The molecule has 1 atom stereocenters. The fourth-order valence-corrected chi connectivity index (χ4v) is 2.25. The van der Waals surface area contributed by atoms with Gasteiger partial charge in [-0.05, 0) is 33.1 Å². The van der Waals surface area contributed by atoms with E-state index in [4.69, 9.17) is 10.8 Å². The predicted molar refractivity (Wildman–Crippen MR) is 65.0 cm³/mol. The number of hydrogen-bond donors (Lipinski definition) is 3. The Morgan fingerprint density at radius 3 is 2.44 bits per heavy atom. The fraction of sp³-hybridized carbons (Fsp3) is 0.818. The number of nitrogens with two attached hydrogens (primary N) is 1. The number of rotatable bonds is 5. The first-order chi connectivity index (χ1) is 8.25. The SMILES string of the molecule is CC1(C)CCCN1N(CC[C@H](N)C(=O)O)C(=O)O. The second-order valence-corrected chi connectivity index (χ2v) is 5.18. The summed E-state index contributed by atoms with van der Waals surface area (Å²) in [4.78, 5) is 21.9. The maximum absolute atomic E-state index is 11.3. The molecule has 0 saturated carbocycles. The van der Waals surface area contributed by atoms with Crippen LogP contribution >= 0.6 is 0 Å². The maximum Gasteiger partial charge on any atom is 0.422 e. The minimum atomic E-state index is -1.11. The highest BCUT2D eigenvalue weighted by molar-refractivity contribution is 5.73. The van der Waals surface area contributed by atoms with Crippen molar-refractivity contribution in [1.29, 1.82) is 0 Å². The van der Waals surface area contributed by atoms with E-state index in [1.54, 1.807) is 5.01 Å². The van der Waals surface area contributed by atoms with Crippen molar-refractivity contribution in [3.8, 4) is 0 Å². The van der Waals surface area contributed by atoms with Crippen LogP contribution in [0.15, 0.2) is 0 Å². The molecule has 1 saturated heterocycles. The highest BCUT2D eigenvalue weighted by Crippen LogP contribution is 2.29. The molecule has 0 aliphatic carbocycles. The lowest BCUT2D eigenvalue weighted by Crippen LogP contribution is -2.54. The van der Waals surface area contributed by atoms with Crippen molar-refractivity contribution in [3.63, 3.8) is 0 Å². The Morgan fingerprint density at radius 2 is 2.06 bits per heavy atom. The number of hydrogen-bond acceptors (Lipinski definition) is 4. The summed E-state index contributed by atoms with van der Waals surface area (Å²) in [6.45, 7) is 4.73. The van der Waals surface area contributed by atoms with Crippen LogP contribution in [0.1, 0.15) is 33.1 Å². The van der Waals surface area contributed by atoms with Gasteiger partial charge in [0.15, 0.2) is 0 Å². The minimum absolute atomic E-state index is 0.103. The summed E-state index contributed by atoms with van der Waals surface area (Å²) in [6, 6.07) is -1.03. The lowest BCUT2D eigenvalue weighted by molar-refractivity contribution is -0.139. The Hall–Kier alpha value is -1.34. The molecular weight excluding hydrogens is 238 g/mol. The van der Waals surface area contributed by atoms with E-state index in [1.165, 1.54) is 5.01 Å². The topological polar surface area (TPSA) is 107 Å². The average Bonchev–Trinajstić information content (AvgIpc) is 2.58. The zero-order valence-corrected chi connectivity index (χ0v) is 10.8. The summed E-state index contributed by atoms with van der Waals surface area (Å²) in [7, 11) is 0. The Bertz CT molecular complexity index is 332. The summed E-state index contributed by atoms with van der Waals surface area (Å²) in [5.74, 6) is -1.11. The van der Waals surface area contributed by atoms with E-state index in [0.717, 1.165) is 12.8 Å². The molecule has 4 N–H and O–H groups in total. The summed E-state index contributed by atoms with van der Waals surface area (Å²) >= 11 is 0. The van der Waals surface area contributed by atoms with Gasteiger partial charge in [-0.25, -0.2) is 14.8 Å². The van der Waals surface area contributed by atoms with E-state index in [-0.39, 0.29) is 18.5 Å². The standard InChI is InChI=1S/C11H21N3O4/c1-11(2)5-3-6-14(11)13(10(17)18)7-4-8(12)9(15)16/h8H,3-7,12H2,1-2H3,(H,15,16)(H,17,18)/t8-/m0/s1. The highest BCUT2D eigenvalue weighted by atomic mass is 16.4. The lowest BCUT2D eigenvalue weighted by atomic mass is 10.0. The van der Waals surface area contributed by atoms with Crippen LogP contribution in [0.5, 0.6) is 0 Å². The molecule has 18 heavy (non-hydrogen) atoms. The van der Waals surface area contributed by atoms with Crippen LogP contribution in [0, 0.1) is 0 Å². The van der Waals surface area contributed by atoms with E-state index >= 15 is 0 Å². The molecule has 1 aliphatic rings. The smallest absolute Gasteiger partial charge is 0.422 e. The van der Waals surface area contributed by atoms with Gasteiger partial charge in [-0.15, -0.1) is 0 Å². The Labute approximate surface area is 106 Å². The molecule has 0 aromatic carbocycles. The van der Waals surface area contributed by atoms with Crippen molar-refractivity contribution >= 4 is 12.1 Å². The number of carboxylic acids is 1. The Balaban J connectivity index is 2.66. The van der Waals surface area contributed by atoms with Gasteiger partial charge in [-0.3, -0.25) is 4.79 Å². The second-order valence-electron chi connectivity index (χ2n) is 5.18. The van der Waals surface area contributed by atoms with E-state index < -0.39 is 18.1 Å². The summed E-state index contributed by atoms with van der Waals surface area (Å²) < 4.78 is 0. The molecule has 1 rings (SSSR count). The van der Waals surface area contributed by atoms with Crippen LogP contribution in [0.2, 0.25) is 0 Å². The number of carbonyl (C=O) groups is 2. The number of nitrogens with zero attached hydrogens (tertiary/aromatic N) is 2. The monoisotopic (exact) mass is 259 g/mol. The summed E-state index contributed by atoms with van der Waals surface area (Å²) in [5, 5.41) is 20.9. The number of hydrazine groups is 1. The predicted octanol–water partition coefficient (Wildman–Crippen LogP) is 0.558. The molecule has 0 aromatic rings. The second kappa shape index (κ2) is 5.53. The van der Waals surface area contributed by atoms with Gasteiger partial charge in [0, 0.05) is 18.6 Å². The van der Waals surface area contributed by atoms with Gasteiger partial charge in [0.05, 0.1) is 0 Å². The van der Waals surface area contributed by atoms with Crippen LogP contribution in [0.3, 0.4) is 0 Å². The summed E-state index contributed by atoms with van der Waals surface area (Å²) in [6.07, 6.45) is 0.889. The van der Waals surface area contributed by atoms with Crippen LogP contribution in [0.25, 0.3) is 0 Å². The normalized spacial score (nSPS) is 20.6. The van der Waals surface area contributed by atoms with Crippen LogP contribution in [-0.2, 0) is 4.79 Å². The first-order valence-electron chi connectivity index (χ1n) is 6.02. The first kappa shape index (κ1) is 14.7. The molecule has 0 bridgehead atoms. The number of aliphatic carboxylic acids is 1. The molecule has 1 heterocycles. The van der Waals surface area contributed by atoms with Crippen molar-refractivity contribution in [1.82, 2.24) is 10.0 Å².